The number of hydrogen-bond donors (Lipinski definition) is 2. The molecule has 1 heterocycles. The normalized spacial score (nSPS) is 19.4. The summed E-state index contributed by atoms with van der Waals surface area (Å²) >= 11 is 18.1. The zero-order valence-electron chi connectivity index (χ0n) is 23.3. The first-order valence-electron chi connectivity index (χ1n) is 13.8. The van der Waals surface area contributed by atoms with Crippen molar-refractivity contribution in [3.63, 3.8) is 0 Å². The van der Waals surface area contributed by atoms with Crippen molar-refractivity contribution in [2.24, 2.45) is 5.92 Å². The number of piperidine rings is 1. The Kier molecular flexibility index (Phi) is 10.6. The minimum absolute atomic E-state index is 0.0409. The molecule has 0 bridgehead atoms. The Balaban J connectivity index is 0.000000251. The van der Waals surface area contributed by atoms with E-state index in [2.05, 4.69) is 40.5 Å². The zero-order chi connectivity index (χ0) is 29.6. The zero-order valence-corrected chi connectivity index (χ0v) is 25.6. The van der Waals surface area contributed by atoms with Crippen molar-refractivity contribution < 1.29 is 14.7 Å². The van der Waals surface area contributed by atoms with E-state index in [0.29, 0.717) is 33.4 Å². The Hall–Kier alpha value is -2.77. The second-order valence-electron chi connectivity index (χ2n) is 10.9. The van der Waals surface area contributed by atoms with Crippen LogP contribution in [-0.4, -0.2) is 53.6 Å². The fraction of sp³-hybridized carbons (Fsp3) is 0.375. The van der Waals surface area contributed by atoms with E-state index in [-0.39, 0.29) is 11.4 Å². The van der Waals surface area contributed by atoms with Gasteiger partial charge in [0.2, 0.25) is 5.91 Å². The molecule has 218 valence electrons. The number of hydrogen-bond acceptors (Lipinski definition) is 3. The molecule has 1 aliphatic carbocycles. The molecular formula is C32H36Cl3N3O3. The van der Waals surface area contributed by atoms with Crippen molar-refractivity contribution >= 4 is 46.8 Å². The van der Waals surface area contributed by atoms with Crippen molar-refractivity contribution in [2.45, 2.75) is 44.2 Å². The molecule has 1 saturated heterocycles. The maximum absolute atomic E-state index is 11.9. The minimum Gasteiger partial charge on any atom is -0.465 e. The van der Waals surface area contributed by atoms with Crippen molar-refractivity contribution in [3.05, 3.63) is 105 Å². The third-order valence-electron chi connectivity index (χ3n) is 7.93. The lowest BCUT2D eigenvalue weighted by Gasteiger charge is -2.43. The Labute approximate surface area is 257 Å². The lowest BCUT2D eigenvalue weighted by Crippen LogP contribution is -2.52. The number of carbonyl (C=O) groups is 2. The van der Waals surface area contributed by atoms with Crippen LogP contribution in [0.5, 0.6) is 0 Å². The SMILES string of the molecule is CC(=O)NC1(c2ccccc2)CCN(C[C@@H]2C[C@@H]2c2ccc(Cl)c(Cl)c2)CC1.CN(Cc1ccccc1Cl)C(=O)O. The predicted molar refractivity (Wildman–Crippen MR) is 166 cm³/mol. The van der Waals surface area contributed by atoms with Crippen LogP contribution in [0.4, 0.5) is 4.79 Å². The average Bonchev–Trinajstić information content (AvgIpc) is 3.72. The van der Waals surface area contributed by atoms with Gasteiger partial charge in [-0.1, -0.05) is 89.4 Å². The van der Waals surface area contributed by atoms with E-state index in [9.17, 15) is 9.59 Å². The van der Waals surface area contributed by atoms with Gasteiger partial charge in [0.15, 0.2) is 0 Å². The first-order valence-corrected chi connectivity index (χ1v) is 14.9. The van der Waals surface area contributed by atoms with Crippen LogP contribution in [0.3, 0.4) is 0 Å². The van der Waals surface area contributed by atoms with Crippen LogP contribution in [0.2, 0.25) is 15.1 Å². The molecule has 0 radical (unpaired) electrons. The van der Waals surface area contributed by atoms with Crippen LogP contribution in [0, 0.1) is 5.92 Å². The molecule has 1 saturated carbocycles. The summed E-state index contributed by atoms with van der Waals surface area (Å²) in [6.45, 7) is 5.04. The quantitative estimate of drug-likeness (QED) is 0.286. The van der Waals surface area contributed by atoms with Crippen molar-refractivity contribution in [1.29, 1.82) is 0 Å². The van der Waals surface area contributed by atoms with E-state index in [1.807, 2.05) is 36.4 Å². The largest absolute Gasteiger partial charge is 0.465 e. The highest BCUT2D eigenvalue weighted by atomic mass is 35.5. The highest BCUT2D eigenvalue weighted by Crippen LogP contribution is 2.49. The molecule has 6 nitrogen and oxygen atoms in total. The number of carboxylic acid groups (broad SMARTS) is 1. The predicted octanol–water partition coefficient (Wildman–Crippen LogP) is 7.67. The van der Waals surface area contributed by atoms with Crippen LogP contribution in [0.15, 0.2) is 72.8 Å². The van der Waals surface area contributed by atoms with Gasteiger partial charge in [0, 0.05) is 38.6 Å². The van der Waals surface area contributed by atoms with Crippen LogP contribution in [0.1, 0.15) is 48.8 Å². The Morgan fingerprint density at radius 2 is 1.61 bits per heavy atom. The maximum Gasteiger partial charge on any atom is 0.407 e. The Bertz CT molecular complexity index is 1350. The highest BCUT2D eigenvalue weighted by Gasteiger charge is 2.42. The molecule has 2 amide bonds. The van der Waals surface area contributed by atoms with Crippen molar-refractivity contribution in [3.8, 4) is 0 Å². The fourth-order valence-electron chi connectivity index (χ4n) is 5.58. The molecule has 3 aromatic rings. The smallest absolute Gasteiger partial charge is 0.407 e. The molecule has 41 heavy (non-hydrogen) atoms. The minimum atomic E-state index is -0.958. The van der Waals surface area contributed by atoms with E-state index >= 15 is 0 Å². The van der Waals surface area contributed by atoms with E-state index < -0.39 is 6.09 Å². The first kappa shape index (κ1) is 31.2. The van der Waals surface area contributed by atoms with E-state index in [1.165, 1.54) is 29.5 Å². The van der Waals surface area contributed by atoms with Gasteiger partial charge in [0.05, 0.1) is 22.1 Å². The maximum atomic E-state index is 11.9. The summed E-state index contributed by atoms with van der Waals surface area (Å²) in [6.07, 6.45) is 2.14. The van der Waals surface area contributed by atoms with E-state index in [0.717, 1.165) is 38.0 Å². The van der Waals surface area contributed by atoms with Gasteiger partial charge in [-0.2, -0.15) is 0 Å². The second kappa shape index (κ2) is 13.9. The first-order chi connectivity index (χ1) is 19.6. The summed E-state index contributed by atoms with van der Waals surface area (Å²) in [5.74, 6) is 1.31. The topological polar surface area (TPSA) is 72.9 Å². The molecule has 1 aliphatic heterocycles. The van der Waals surface area contributed by atoms with E-state index in [4.69, 9.17) is 39.9 Å². The molecule has 2 aliphatic rings. The standard InChI is InChI=1S/C23H26Cl2N2O.C9H10ClNO2/c1-16(28)26-23(19-5-3-2-4-6-19)9-11-27(12-10-23)15-18-13-20(18)17-7-8-21(24)22(25)14-17;1-11(9(12)13)6-7-4-2-3-5-8(7)10/h2-8,14,18,20H,9-13,15H2,1H3,(H,26,28);2-5H,6H2,1H3,(H,12,13)/t18-,20+;/m0./s1. The number of amides is 2. The molecule has 2 fully saturated rings. The van der Waals surface area contributed by atoms with Crippen molar-refractivity contribution in [2.75, 3.05) is 26.7 Å². The molecule has 0 aromatic heterocycles. The van der Waals surface area contributed by atoms with Crippen LogP contribution >= 0.6 is 34.8 Å². The van der Waals surface area contributed by atoms with Gasteiger partial charge < -0.3 is 20.2 Å². The number of carbonyl (C=O) groups excluding carboxylic acids is 1. The Morgan fingerprint density at radius 1 is 0.951 bits per heavy atom. The number of halogens is 3. The number of likely N-dealkylation sites (tertiary alicyclic amines) is 1. The third kappa shape index (κ3) is 8.39. The van der Waals surface area contributed by atoms with Gasteiger partial charge in [0.1, 0.15) is 0 Å². The van der Waals surface area contributed by atoms with Crippen LogP contribution in [0.25, 0.3) is 0 Å². The molecule has 2 N–H and O–H groups in total. The molecule has 2 atom stereocenters. The van der Waals surface area contributed by atoms with Gasteiger partial charge in [-0.15, -0.1) is 0 Å². The second-order valence-corrected chi connectivity index (χ2v) is 12.2. The number of nitrogens with one attached hydrogen (secondary N) is 1. The summed E-state index contributed by atoms with van der Waals surface area (Å²) in [5.41, 5.74) is 3.09. The van der Waals surface area contributed by atoms with Crippen LogP contribution < -0.4 is 5.32 Å². The van der Waals surface area contributed by atoms with Crippen LogP contribution in [-0.2, 0) is 16.9 Å². The fourth-order valence-corrected chi connectivity index (χ4v) is 6.08. The summed E-state index contributed by atoms with van der Waals surface area (Å²) in [7, 11) is 1.51. The third-order valence-corrected chi connectivity index (χ3v) is 9.04. The number of nitrogens with zero attached hydrogens (tertiary/aromatic N) is 2. The Morgan fingerprint density at radius 3 is 2.22 bits per heavy atom. The lowest BCUT2D eigenvalue weighted by atomic mass is 9.80. The molecule has 5 rings (SSSR count). The van der Waals surface area contributed by atoms with Gasteiger partial charge in [-0.05, 0) is 66.0 Å². The average molecular weight is 617 g/mol. The number of benzene rings is 3. The summed E-state index contributed by atoms with van der Waals surface area (Å²) in [5, 5.41) is 13.7. The van der Waals surface area contributed by atoms with Crippen molar-refractivity contribution in [1.82, 2.24) is 15.1 Å². The molecule has 0 unspecified atom stereocenters. The van der Waals surface area contributed by atoms with E-state index in [1.54, 1.807) is 13.0 Å². The highest BCUT2D eigenvalue weighted by molar-refractivity contribution is 6.42. The lowest BCUT2D eigenvalue weighted by molar-refractivity contribution is -0.121. The molecular weight excluding hydrogens is 581 g/mol. The molecule has 3 aromatic carbocycles. The van der Waals surface area contributed by atoms with Gasteiger partial charge in [-0.25, -0.2) is 4.79 Å². The number of rotatable bonds is 7. The summed E-state index contributed by atoms with van der Waals surface area (Å²) in [4.78, 5) is 26.1. The summed E-state index contributed by atoms with van der Waals surface area (Å²) in [6, 6.07) is 23.6. The summed E-state index contributed by atoms with van der Waals surface area (Å²) < 4.78 is 0. The van der Waals surface area contributed by atoms with Gasteiger partial charge in [0.25, 0.3) is 0 Å². The van der Waals surface area contributed by atoms with Gasteiger partial charge in [-0.3, -0.25) is 4.79 Å². The molecule has 0 spiro atoms. The monoisotopic (exact) mass is 615 g/mol. The molecule has 9 heteroatoms. The van der Waals surface area contributed by atoms with Gasteiger partial charge >= 0.3 is 6.09 Å².